The first-order valence-corrected chi connectivity index (χ1v) is 9.16. The highest BCUT2D eigenvalue weighted by molar-refractivity contribution is 7.17. The van der Waals surface area contributed by atoms with E-state index in [1.807, 2.05) is 36.2 Å². The van der Waals surface area contributed by atoms with Crippen molar-refractivity contribution in [1.29, 1.82) is 0 Å². The number of hydrogen-bond donors (Lipinski definition) is 1. The third-order valence-corrected chi connectivity index (χ3v) is 5.70. The minimum absolute atomic E-state index is 0.0845. The Hall–Kier alpha value is -1.07. The van der Waals surface area contributed by atoms with Gasteiger partial charge in [-0.25, -0.2) is 0 Å². The third-order valence-electron chi connectivity index (χ3n) is 4.14. The predicted molar refractivity (Wildman–Crippen MR) is 97.8 cm³/mol. The fraction of sp³-hybridized carbons (Fsp3) is 0.353. The smallest absolute Gasteiger partial charge is 0.263 e. The van der Waals surface area contributed by atoms with Gasteiger partial charge in [-0.2, -0.15) is 0 Å². The summed E-state index contributed by atoms with van der Waals surface area (Å²) in [6.07, 6.45) is 2.01. The average molecular weight is 369 g/mol. The molecule has 0 bridgehead atoms. The molecule has 1 N–H and O–H groups in total. The second-order valence-electron chi connectivity index (χ2n) is 5.72. The van der Waals surface area contributed by atoms with Gasteiger partial charge in [0.15, 0.2) is 0 Å². The van der Waals surface area contributed by atoms with E-state index in [9.17, 15) is 4.79 Å². The fourth-order valence-corrected chi connectivity index (χ4v) is 4.34. The number of carbonyl (C=O) groups is 1. The zero-order valence-electron chi connectivity index (χ0n) is 12.8. The first-order valence-electron chi connectivity index (χ1n) is 7.59. The van der Waals surface area contributed by atoms with Crippen LogP contribution in [-0.4, -0.2) is 37.0 Å². The lowest BCUT2D eigenvalue weighted by Crippen LogP contribution is -2.43. The van der Waals surface area contributed by atoms with Gasteiger partial charge in [0.05, 0.1) is 4.88 Å². The van der Waals surface area contributed by atoms with E-state index < -0.39 is 0 Å². The SMILES string of the molecule is CN(C(=O)c1ccc(-c2cc(Cl)cc(Cl)c2)s1)C1CCNCC1. The Morgan fingerprint density at radius 2 is 1.83 bits per heavy atom. The lowest BCUT2D eigenvalue weighted by Gasteiger charge is -2.31. The Morgan fingerprint density at radius 1 is 1.17 bits per heavy atom. The molecule has 0 spiro atoms. The average Bonchev–Trinajstić information content (AvgIpc) is 3.03. The van der Waals surface area contributed by atoms with Crippen LogP contribution in [0.5, 0.6) is 0 Å². The fourth-order valence-electron chi connectivity index (χ4n) is 2.84. The molecule has 1 aromatic carbocycles. The second kappa shape index (κ2) is 7.22. The van der Waals surface area contributed by atoms with E-state index in [2.05, 4.69) is 5.32 Å². The molecule has 6 heteroatoms. The Kier molecular flexibility index (Phi) is 5.27. The van der Waals surface area contributed by atoms with Crippen molar-refractivity contribution in [2.75, 3.05) is 20.1 Å². The van der Waals surface area contributed by atoms with E-state index in [1.165, 1.54) is 11.3 Å². The number of hydrogen-bond acceptors (Lipinski definition) is 3. The Labute approximate surface area is 150 Å². The van der Waals surface area contributed by atoms with Crippen LogP contribution < -0.4 is 5.32 Å². The summed E-state index contributed by atoms with van der Waals surface area (Å²) in [5.74, 6) is 0.0845. The van der Waals surface area contributed by atoms with Gasteiger partial charge in [-0.3, -0.25) is 4.79 Å². The minimum atomic E-state index is 0.0845. The maximum absolute atomic E-state index is 12.7. The summed E-state index contributed by atoms with van der Waals surface area (Å²) in [5.41, 5.74) is 0.941. The molecular formula is C17H18Cl2N2OS. The van der Waals surface area contributed by atoms with Crippen molar-refractivity contribution in [3.8, 4) is 10.4 Å². The van der Waals surface area contributed by atoms with Crippen molar-refractivity contribution in [3.63, 3.8) is 0 Å². The number of nitrogens with zero attached hydrogens (tertiary/aromatic N) is 1. The van der Waals surface area contributed by atoms with Crippen molar-refractivity contribution in [3.05, 3.63) is 45.3 Å². The molecule has 3 nitrogen and oxygen atoms in total. The van der Waals surface area contributed by atoms with E-state index in [0.717, 1.165) is 41.2 Å². The van der Waals surface area contributed by atoms with Crippen LogP contribution in [0.15, 0.2) is 30.3 Å². The van der Waals surface area contributed by atoms with Gasteiger partial charge in [-0.15, -0.1) is 11.3 Å². The zero-order valence-corrected chi connectivity index (χ0v) is 15.1. The molecule has 2 heterocycles. The van der Waals surface area contributed by atoms with Gasteiger partial charge in [0.2, 0.25) is 0 Å². The Balaban J connectivity index is 1.79. The summed E-state index contributed by atoms with van der Waals surface area (Å²) in [6, 6.07) is 9.59. The van der Waals surface area contributed by atoms with E-state index in [4.69, 9.17) is 23.2 Å². The number of thiophene rings is 1. The largest absolute Gasteiger partial charge is 0.338 e. The number of nitrogens with one attached hydrogen (secondary N) is 1. The number of halogens is 2. The first kappa shape index (κ1) is 16.8. The molecule has 0 saturated carbocycles. The molecule has 0 unspecified atom stereocenters. The van der Waals surface area contributed by atoms with E-state index in [-0.39, 0.29) is 5.91 Å². The molecule has 0 aliphatic carbocycles. The summed E-state index contributed by atoms with van der Waals surface area (Å²) in [4.78, 5) is 16.3. The lowest BCUT2D eigenvalue weighted by atomic mass is 10.1. The molecule has 0 radical (unpaired) electrons. The number of benzene rings is 1. The lowest BCUT2D eigenvalue weighted by molar-refractivity contribution is 0.0708. The molecule has 23 heavy (non-hydrogen) atoms. The number of amides is 1. The van der Waals surface area contributed by atoms with Crippen molar-refractivity contribution in [2.24, 2.45) is 0 Å². The van der Waals surface area contributed by atoms with Gasteiger partial charge in [0.1, 0.15) is 0 Å². The maximum atomic E-state index is 12.7. The number of carbonyl (C=O) groups excluding carboxylic acids is 1. The number of piperidine rings is 1. The quantitative estimate of drug-likeness (QED) is 0.861. The van der Waals surface area contributed by atoms with Gasteiger partial charge in [-0.1, -0.05) is 23.2 Å². The number of rotatable bonds is 3. The van der Waals surface area contributed by atoms with Crippen LogP contribution >= 0.6 is 34.5 Å². The normalized spacial score (nSPS) is 15.6. The Bertz CT molecular complexity index is 690. The van der Waals surface area contributed by atoms with E-state index in [0.29, 0.717) is 16.1 Å². The third kappa shape index (κ3) is 3.89. The van der Waals surface area contributed by atoms with Gasteiger partial charge in [0, 0.05) is 28.0 Å². The van der Waals surface area contributed by atoms with Crippen LogP contribution in [0.2, 0.25) is 10.0 Å². The molecule has 1 fully saturated rings. The highest BCUT2D eigenvalue weighted by Crippen LogP contribution is 2.33. The minimum Gasteiger partial charge on any atom is -0.338 e. The molecule has 1 aliphatic rings. The van der Waals surface area contributed by atoms with Crippen LogP contribution in [0.4, 0.5) is 0 Å². The summed E-state index contributed by atoms with van der Waals surface area (Å²) >= 11 is 13.6. The molecule has 3 rings (SSSR count). The highest BCUT2D eigenvalue weighted by atomic mass is 35.5. The summed E-state index contributed by atoms with van der Waals surface area (Å²) in [5, 5.41) is 4.52. The van der Waals surface area contributed by atoms with Crippen molar-refractivity contribution in [1.82, 2.24) is 10.2 Å². The molecule has 1 aliphatic heterocycles. The van der Waals surface area contributed by atoms with Crippen molar-refractivity contribution < 1.29 is 4.79 Å². The first-order chi connectivity index (χ1) is 11.0. The standard InChI is InChI=1S/C17H18Cl2N2OS/c1-21(14-4-6-20-7-5-14)17(22)16-3-2-15(23-16)11-8-12(18)10-13(19)9-11/h2-3,8-10,14,20H,4-7H2,1H3. The van der Waals surface area contributed by atoms with Crippen molar-refractivity contribution >= 4 is 40.4 Å². The summed E-state index contributed by atoms with van der Waals surface area (Å²) in [7, 11) is 1.90. The molecule has 1 aromatic heterocycles. The monoisotopic (exact) mass is 368 g/mol. The zero-order chi connectivity index (χ0) is 16.4. The second-order valence-corrected chi connectivity index (χ2v) is 7.68. The van der Waals surface area contributed by atoms with Crippen LogP contribution in [0.1, 0.15) is 22.5 Å². The molecular weight excluding hydrogens is 351 g/mol. The van der Waals surface area contributed by atoms with Gasteiger partial charge in [-0.05, 0) is 61.8 Å². The van der Waals surface area contributed by atoms with E-state index in [1.54, 1.807) is 6.07 Å². The summed E-state index contributed by atoms with van der Waals surface area (Å²) in [6.45, 7) is 1.94. The van der Waals surface area contributed by atoms with Crippen LogP contribution in [0.25, 0.3) is 10.4 Å². The van der Waals surface area contributed by atoms with Crippen LogP contribution in [0, 0.1) is 0 Å². The Morgan fingerprint density at radius 3 is 2.48 bits per heavy atom. The van der Waals surface area contributed by atoms with Crippen LogP contribution in [0.3, 0.4) is 0 Å². The highest BCUT2D eigenvalue weighted by Gasteiger charge is 2.24. The van der Waals surface area contributed by atoms with Crippen molar-refractivity contribution in [2.45, 2.75) is 18.9 Å². The molecule has 0 atom stereocenters. The molecule has 2 aromatic rings. The van der Waals surface area contributed by atoms with Gasteiger partial charge < -0.3 is 10.2 Å². The predicted octanol–water partition coefficient (Wildman–Crippen LogP) is 4.55. The van der Waals surface area contributed by atoms with Crippen LogP contribution in [-0.2, 0) is 0 Å². The molecule has 1 saturated heterocycles. The van der Waals surface area contributed by atoms with E-state index >= 15 is 0 Å². The molecule has 1 amide bonds. The maximum Gasteiger partial charge on any atom is 0.263 e. The van der Waals surface area contributed by atoms with Gasteiger partial charge in [0.25, 0.3) is 5.91 Å². The summed E-state index contributed by atoms with van der Waals surface area (Å²) < 4.78 is 0. The topological polar surface area (TPSA) is 32.3 Å². The van der Waals surface area contributed by atoms with Gasteiger partial charge >= 0.3 is 0 Å². The molecule has 122 valence electrons.